The van der Waals surface area contributed by atoms with Gasteiger partial charge in [0.1, 0.15) is 5.75 Å². The van der Waals surface area contributed by atoms with E-state index in [9.17, 15) is 4.79 Å². The summed E-state index contributed by atoms with van der Waals surface area (Å²) in [6.07, 6.45) is 0. The van der Waals surface area contributed by atoms with Gasteiger partial charge >= 0.3 is 0 Å². The molecule has 0 saturated heterocycles. The number of methoxy groups -OCH3 is 1. The lowest BCUT2D eigenvalue weighted by Crippen LogP contribution is -2.12. The van der Waals surface area contributed by atoms with Gasteiger partial charge in [0.2, 0.25) is 5.91 Å². The maximum atomic E-state index is 11.2. The SMILES string of the molecule is COc1ccc(C(N)=O)cc1NCc1cccc(Cl)c1Cl. The highest BCUT2D eigenvalue weighted by Crippen LogP contribution is 2.29. The van der Waals surface area contributed by atoms with E-state index in [0.29, 0.717) is 33.6 Å². The van der Waals surface area contributed by atoms with Gasteiger partial charge in [0.25, 0.3) is 0 Å². The van der Waals surface area contributed by atoms with Gasteiger partial charge in [0, 0.05) is 12.1 Å². The number of carbonyl (C=O) groups excluding carboxylic acids is 1. The number of halogens is 2. The molecular weight excluding hydrogens is 311 g/mol. The zero-order valence-electron chi connectivity index (χ0n) is 11.3. The number of benzene rings is 2. The van der Waals surface area contributed by atoms with Crippen LogP contribution in [0.3, 0.4) is 0 Å². The van der Waals surface area contributed by atoms with Crippen LogP contribution in [0.4, 0.5) is 5.69 Å². The fourth-order valence-corrected chi connectivity index (χ4v) is 2.26. The number of rotatable bonds is 5. The van der Waals surface area contributed by atoms with Crippen molar-refractivity contribution in [1.82, 2.24) is 0 Å². The normalized spacial score (nSPS) is 10.2. The standard InChI is InChI=1S/C15H14Cl2N2O2/c1-21-13-6-5-9(15(18)20)7-12(13)19-8-10-3-2-4-11(16)14(10)17/h2-7,19H,8H2,1H3,(H2,18,20). The van der Waals surface area contributed by atoms with Crippen molar-refractivity contribution < 1.29 is 9.53 Å². The minimum atomic E-state index is -0.499. The lowest BCUT2D eigenvalue weighted by atomic mass is 10.1. The lowest BCUT2D eigenvalue weighted by molar-refractivity contribution is 0.100. The van der Waals surface area contributed by atoms with Crippen LogP contribution in [-0.2, 0) is 6.54 Å². The van der Waals surface area contributed by atoms with Gasteiger partial charge in [-0.15, -0.1) is 0 Å². The van der Waals surface area contributed by atoms with Crippen molar-refractivity contribution in [2.24, 2.45) is 5.73 Å². The second kappa shape index (κ2) is 6.70. The van der Waals surface area contributed by atoms with E-state index in [1.54, 1.807) is 31.4 Å². The Labute approximate surface area is 132 Å². The van der Waals surface area contributed by atoms with Crippen LogP contribution in [0.1, 0.15) is 15.9 Å². The zero-order chi connectivity index (χ0) is 15.4. The van der Waals surface area contributed by atoms with E-state index < -0.39 is 5.91 Å². The highest BCUT2D eigenvalue weighted by molar-refractivity contribution is 6.42. The summed E-state index contributed by atoms with van der Waals surface area (Å²) in [4.78, 5) is 11.2. The molecule has 0 aliphatic heterocycles. The van der Waals surface area contributed by atoms with Crippen molar-refractivity contribution in [3.8, 4) is 5.75 Å². The second-order valence-electron chi connectivity index (χ2n) is 4.35. The average Bonchev–Trinajstić information content (AvgIpc) is 2.48. The minimum Gasteiger partial charge on any atom is -0.495 e. The Morgan fingerprint density at radius 1 is 1.29 bits per heavy atom. The summed E-state index contributed by atoms with van der Waals surface area (Å²) in [7, 11) is 1.55. The van der Waals surface area contributed by atoms with E-state index in [1.165, 1.54) is 0 Å². The molecule has 0 heterocycles. The molecule has 0 radical (unpaired) electrons. The number of carbonyl (C=O) groups is 1. The monoisotopic (exact) mass is 324 g/mol. The zero-order valence-corrected chi connectivity index (χ0v) is 12.8. The predicted octanol–water partition coefficient (Wildman–Crippen LogP) is 3.71. The van der Waals surface area contributed by atoms with Crippen LogP contribution >= 0.6 is 23.2 Å². The Balaban J connectivity index is 2.24. The van der Waals surface area contributed by atoms with Crippen LogP contribution in [0.2, 0.25) is 10.0 Å². The van der Waals surface area contributed by atoms with E-state index in [0.717, 1.165) is 5.56 Å². The number of amides is 1. The number of ether oxygens (including phenoxy) is 1. The van der Waals surface area contributed by atoms with Crippen LogP contribution in [0.25, 0.3) is 0 Å². The molecule has 21 heavy (non-hydrogen) atoms. The van der Waals surface area contributed by atoms with Crippen LogP contribution in [0.15, 0.2) is 36.4 Å². The summed E-state index contributed by atoms with van der Waals surface area (Å²) in [5, 5.41) is 4.16. The van der Waals surface area contributed by atoms with Crippen LogP contribution in [0.5, 0.6) is 5.75 Å². The molecular formula is C15H14Cl2N2O2. The number of anilines is 1. The molecule has 2 aromatic rings. The van der Waals surface area contributed by atoms with Crippen LogP contribution < -0.4 is 15.8 Å². The van der Waals surface area contributed by atoms with Gasteiger partial charge in [-0.3, -0.25) is 4.79 Å². The summed E-state index contributed by atoms with van der Waals surface area (Å²) in [5.41, 5.74) is 7.18. The number of nitrogens with one attached hydrogen (secondary N) is 1. The summed E-state index contributed by atoms with van der Waals surface area (Å²) in [6, 6.07) is 10.3. The first-order chi connectivity index (χ1) is 10.0. The topological polar surface area (TPSA) is 64.3 Å². The number of hydrogen-bond acceptors (Lipinski definition) is 3. The molecule has 0 aromatic heterocycles. The average molecular weight is 325 g/mol. The van der Waals surface area contributed by atoms with Gasteiger partial charge in [-0.2, -0.15) is 0 Å². The van der Waals surface area contributed by atoms with E-state index in [2.05, 4.69) is 5.32 Å². The quantitative estimate of drug-likeness (QED) is 0.881. The third-order valence-corrected chi connectivity index (χ3v) is 3.84. The van der Waals surface area contributed by atoms with Gasteiger partial charge in [-0.1, -0.05) is 35.3 Å². The first-order valence-corrected chi connectivity index (χ1v) is 6.93. The summed E-state index contributed by atoms with van der Waals surface area (Å²) >= 11 is 12.1. The van der Waals surface area contributed by atoms with Crippen LogP contribution in [-0.4, -0.2) is 13.0 Å². The fraction of sp³-hybridized carbons (Fsp3) is 0.133. The van der Waals surface area contributed by atoms with E-state index in [4.69, 9.17) is 33.7 Å². The van der Waals surface area contributed by atoms with Crippen molar-refractivity contribution in [2.75, 3.05) is 12.4 Å². The number of nitrogens with two attached hydrogens (primary N) is 1. The number of hydrogen-bond donors (Lipinski definition) is 2. The van der Waals surface area contributed by atoms with Gasteiger partial charge in [0.05, 0.1) is 22.8 Å². The molecule has 0 unspecified atom stereocenters. The molecule has 110 valence electrons. The Kier molecular flexibility index (Phi) is 4.94. The van der Waals surface area contributed by atoms with Crippen LogP contribution in [0, 0.1) is 0 Å². The highest BCUT2D eigenvalue weighted by atomic mass is 35.5. The van der Waals surface area contributed by atoms with Crippen molar-refractivity contribution >= 4 is 34.8 Å². The lowest BCUT2D eigenvalue weighted by Gasteiger charge is -2.13. The Morgan fingerprint density at radius 3 is 2.71 bits per heavy atom. The maximum absolute atomic E-state index is 11.2. The van der Waals surface area contributed by atoms with Gasteiger partial charge in [0.15, 0.2) is 0 Å². The first kappa shape index (κ1) is 15.5. The molecule has 2 rings (SSSR count). The predicted molar refractivity (Wildman–Crippen MR) is 85.3 cm³/mol. The Hall–Kier alpha value is -1.91. The highest BCUT2D eigenvalue weighted by Gasteiger charge is 2.09. The van der Waals surface area contributed by atoms with Crippen molar-refractivity contribution in [3.63, 3.8) is 0 Å². The third kappa shape index (κ3) is 3.60. The molecule has 0 bridgehead atoms. The fourth-order valence-electron chi connectivity index (χ4n) is 1.87. The minimum absolute atomic E-state index is 0.399. The molecule has 0 aliphatic rings. The molecule has 0 atom stereocenters. The Morgan fingerprint density at radius 2 is 2.05 bits per heavy atom. The first-order valence-electron chi connectivity index (χ1n) is 6.17. The second-order valence-corrected chi connectivity index (χ2v) is 5.13. The summed E-state index contributed by atoms with van der Waals surface area (Å²) in [5.74, 6) is 0.111. The molecule has 0 fully saturated rings. The van der Waals surface area contributed by atoms with E-state index in [1.807, 2.05) is 12.1 Å². The number of primary amides is 1. The summed E-state index contributed by atoms with van der Waals surface area (Å²) < 4.78 is 5.25. The Bertz CT molecular complexity index is 675. The van der Waals surface area contributed by atoms with Crippen molar-refractivity contribution in [3.05, 3.63) is 57.6 Å². The van der Waals surface area contributed by atoms with Gasteiger partial charge < -0.3 is 15.8 Å². The van der Waals surface area contributed by atoms with Crippen molar-refractivity contribution in [2.45, 2.75) is 6.54 Å². The van der Waals surface area contributed by atoms with Crippen molar-refractivity contribution in [1.29, 1.82) is 0 Å². The molecule has 1 amide bonds. The van der Waals surface area contributed by atoms with Gasteiger partial charge in [-0.25, -0.2) is 0 Å². The molecule has 4 nitrogen and oxygen atoms in total. The van der Waals surface area contributed by atoms with Gasteiger partial charge in [-0.05, 0) is 29.8 Å². The molecule has 0 aliphatic carbocycles. The molecule has 6 heteroatoms. The molecule has 0 spiro atoms. The summed E-state index contributed by atoms with van der Waals surface area (Å²) in [6.45, 7) is 0.442. The molecule has 0 saturated carbocycles. The smallest absolute Gasteiger partial charge is 0.248 e. The van der Waals surface area contributed by atoms with E-state index >= 15 is 0 Å². The molecule has 3 N–H and O–H groups in total. The largest absolute Gasteiger partial charge is 0.495 e. The van der Waals surface area contributed by atoms with E-state index in [-0.39, 0.29) is 0 Å². The maximum Gasteiger partial charge on any atom is 0.248 e. The third-order valence-electron chi connectivity index (χ3n) is 2.98. The molecule has 2 aromatic carbocycles.